The molecule has 0 aliphatic rings. The van der Waals surface area contributed by atoms with Crippen LogP contribution in [0.15, 0.2) is 42.5 Å². The number of nitrogens with zero attached hydrogens (tertiary/aromatic N) is 1. The van der Waals surface area contributed by atoms with Crippen LogP contribution in [0.1, 0.15) is 18.0 Å². The van der Waals surface area contributed by atoms with E-state index in [4.69, 9.17) is 6.42 Å². The van der Waals surface area contributed by atoms with Crippen molar-refractivity contribution >= 4 is 10.8 Å². The molecule has 0 saturated carbocycles. The van der Waals surface area contributed by atoms with Gasteiger partial charge < -0.3 is 4.90 Å². The van der Waals surface area contributed by atoms with E-state index in [1.165, 1.54) is 16.3 Å². The molecule has 0 fully saturated rings. The van der Waals surface area contributed by atoms with Gasteiger partial charge in [0.2, 0.25) is 0 Å². The van der Waals surface area contributed by atoms with Crippen molar-refractivity contribution in [2.45, 2.75) is 12.5 Å². The van der Waals surface area contributed by atoms with Crippen molar-refractivity contribution < 1.29 is 0 Å². The molecule has 2 aromatic rings. The fraction of sp³-hybridized carbons (Fsp3) is 0.250. The molecular formula is C16H17N. The molecule has 17 heavy (non-hydrogen) atoms. The van der Waals surface area contributed by atoms with Crippen LogP contribution >= 0.6 is 0 Å². The lowest BCUT2D eigenvalue weighted by Gasteiger charge is -2.24. The van der Waals surface area contributed by atoms with Crippen molar-refractivity contribution in [3.8, 4) is 12.3 Å². The third kappa shape index (κ3) is 2.33. The fourth-order valence-electron chi connectivity index (χ4n) is 2.22. The molecule has 2 aromatic carbocycles. The SMILES string of the molecule is C#CCC(c1cccc2ccccc12)N(C)C. The summed E-state index contributed by atoms with van der Waals surface area (Å²) in [5.41, 5.74) is 1.31. The van der Waals surface area contributed by atoms with Crippen LogP contribution < -0.4 is 0 Å². The lowest BCUT2D eigenvalue weighted by molar-refractivity contribution is 0.306. The second-order valence-electron chi connectivity index (χ2n) is 4.46. The van der Waals surface area contributed by atoms with Crippen molar-refractivity contribution in [2.75, 3.05) is 14.1 Å². The maximum absolute atomic E-state index is 5.47. The quantitative estimate of drug-likeness (QED) is 0.720. The van der Waals surface area contributed by atoms with Gasteiger partial charge in [-0.05, 0) is 30.4 Å². The first kappa shape index (κ1) is 11.7. The maximum Gasteiger partial charge on any atom is 0.0457 e. The topological polar surface area (TPSA) is 3.24 Å². The molecule has 0 amide bonds. The van der Waals surface area contributed by atoms with Gasteiger partial charge in [0.05, 0.1) is 0 Å². The fourth-order valence-corrected chi connectivity index (χ4v) is 2.22. The van der Waals surface area contributed by atoms with Crippen LogP contribution in [0.5, 0.6) is 0 Å². The van der Waals surface area contributed by atoms with Crippen LogP contribution in [0, 0.1) is 12.3 Å². The smallest absolute Gasteiger partial charge is 0.0457 e. The minimum Gasteiger partial charge on any atom is -0.301 e. The number of fused-ring (bicyclic) bond motifs is 1. The van der Waals surface area contributed by atoms with Gasteiger partial charge in [-0.3, -0.25) is 0 Å². The number of terminal acetylenes is 1. The Morgan fingerprint density at radius 1 is 1.12 bits per heavy atom. The molecule has 0 N–H and O–H groups in total. The number of rotatable bonds is 3. The summed E-state index contributed by atoms with van der Waals surface area (Å²) in [6.45, 7) is 0. The van der Waals surface area contributed by atoms with Gasteiger partial charge in [-0.25, -0.2) is 0 Å². The summed E-state index contributed by atoms with van der Waals surface area (Å²) in [7, 11) is 4.15. The molecule has 0 saturated heterocycles. The first-order valence-corrected chi connectivity index (χ1v) is 5.81. The molecular weight excluding hydrogens is 206 g/mol. The van der Waals surface area contributed by atoms with Crippen LogP contribution in [0.3, 0.4) is 0 Å². The Bertz CT molecular complexity index is 543. The van der Waals surface area contributed by atoms with Gasteiger partial charge in [-0.15, -0.1) is 12.3 Å². The van der Waals surface area contributed by atoms with Gasteiger partial charge in [-0.2, -0.15) is 0 Å². The molecule has 0 bridgehead atoms. The Balaban J connectivity index is 2.57. The Labute approximate surface area is 103 Å². The Morgan fingerprint density at radius 2 is 1.82 bits per heavy atom. The van der Waals surface area contributed by atoms with Gasteiger partial charge in [0.15, 0.2) is 0 Å². The third-order valence-corrected chi connectivity index (χ3v) is 3.12. The van der Waals surface area contributed by atoms with Crippen molar-refractivity contribution in [2.24, 2.45) is 0 Å². The molecule has 0 spiro atoms. The summed E-state index contributed by atoms with van der Waals surface area (Å²) in [6.07, 6.45) is 6.21. The second kappa shape index (κ2) is 5.03. The standard InChI is InChI=1S/C16H17N/c1-4-8-16(17(2)3)15-12-7-10-13-9-5-6-11-14(13)15/h1,5-7,9-12,16H,8H2,2-3H3. The highest BCUT2D eigenvalue weighted by molar-refractivity contribution is 5.86. The first-order valence-electron chi connectivity index (χ1n) is 5.81. The molecule has 0 aliphatic heterocycles. The average molecular weight is 223 g/mol. The third-order valence-electron chi connectivity index (χ3n) is 3.12. The van der Waals surface area contributed by atoms with E-state index in [0.29, 0.717) is 0 Å². The molecule has 0 heterocycles. The molecule has 1 nitrogen and oxygen atoms in total. The van der Waals surface area contributed by atoms with E-state index < -0.39 is 0 Å². The van der Waals surface area contributed by atoms with Crippen LogP contribution in [-0.4, -0.2) is 19.0 Å². The van der Waals surface area contributed by atoms with Crippen LogP contribution in [0.2, 0.25) is 0 Å². The average Bonchev–Trinajstić information content (AvgIpc) is 2.35. The zero-order valence-corrected chi connectivity index (χ0v) is 10.4. The molecule has 1 heteroatoms. The molecule has 2 rings (SSSR count). The largest absolute Gasteiger partial charge is 0.301 e. The minimum absolute atomic E-state index is 0.283. The summed E-state index contributed by atoms with van der Waals surface area (Å²) >= 11 is 0. The van der Waals surface area contributed by atoms with Crippen LogP contribution in [-0.2, 0) is 0 Å². The van der Waals surface area contributed by atoms with E-state index in [1.807, 2.05) is 0 Å². The van der Waals surface area contributed by atoms with Gasteiger partial charge in [0, 0.05) is 12.5 Å². The van der Waals surface area contributed by atoms with E-state index in [9.17, 15) is 0 Å². The van der Waals surface area contributed by atoms with Gasteiger partial charge in [0.25, 0.3) is 0 Å². The van der Waals surface area contributed by atoms with E-state index in [0.717, 1.165) is 6.42 Å². The lowest BCUT2D eigenvalue weighted by Crippen LogP contribution is -2.19. The Hall–Kier alpha value is -1.78. The van der Waals surface area contributed by atoms with Crippen molar-refractivity contribution in [1.29, 1.82) is 0 Å². The summed E-state index contributed by atoms with van der Waals surface area (Å²) in [5.74, 6) is 2.77. The summed E-state index contributed by atoms with van der Waals surface area (Å²) in [5, 5.41) is 2.57. The second-order valence-corrected chi connectivity index (χ2v) is 4.46. The highest BCUT2D eigenvalue weighted by Crippen LogP contribution is 2.28. The lowest BCUT2D eigenvalue weighted by atomic mass is 9.96. The molecule has 0 aliphatic carbocycles. The summed E-state index contributed by atoms with van der Waals surface area (Å²) in [6, 6.07) is 15.1. The zero-order chi connectivity index (χ0) is 12.3. The highest BCUT2D eigenvalue weighted by Gasteiger charge is 2.14. The normalized spacial score (nSPS) is 12.6. The van der Waals surface area contributed by atoms with Gasteiger partial charge in [0.1, 0.15) is 0 Å². The van der Waals surface area contributed by atoms with Crippen molar-refractivity contribution in [3.63, 3.8) is 0 Å². The van der Waals surface area contributed by atoms with E-state index in [2.05, 4.69) is 67.4 Å². The highest BCUT2D eigenvalue weighted by atomic mass is 15.1. The predicted octanol–water partition coefficient (Wildman–Crippen LogP) is 3.47. The molecule has 0 aromatic heterocycles. The molecule has 1 atom stereocenters. The maximum atomic E-state index is 5.47. The van der Waals surface area contributed by atoms with Crippen LogP contribution in [0.25, 0.3) is 10.8 Å². The Morgan fingerprint density at radius 3 is 2.53 bits per heavy atom. The van der Waals surface area contributed by atoms with Crippen molar-refractivity contribution in [1.82, 2.24) is 4.90 Å². The first-order chi connectivity index (χ1) is 8.24. The van der Waals surface area contributed by atoms with Gasteiger partial charge >= 0.3 is 0 Å². The van der Waals surface area contributed by atoms with E-state index in [-0.39, 0.29) is 6.04 Å². The Kier molecular flexibility index (Phi) is 3.46. The molecule has 1 unspecified atom stereocenters. The van der Waals surface area contributed by atoms with Gasteiger partial charge in [-0.1, -0.05) is 42.5 Å². The van der Waals surface area contributed by atoms with E-state index in [1.54, 1.807) is 0 Å². The van der Waals surface area contributed by atoms with Crippen LogP contribution in [0.4, 0.5) is 0 Å². The number of hydrogen-bond acceptors (Lipinski definition) is 1. The number of benzene rings is 2. The number of hydrogen-bond donors (Lipinski definition) is 0. The summed E-state index contributed by atoms with van der Waals surface area (Å²) in [4.78, 5) is 2.18. The molecule has 0 radical (unpaired) electrons. The molecule has 86 valence electrons. The minimum atomic E-state index is 0.283. The van der Waals surface area contributed by atoms with Crippen molar-refractivity contribution in [3.05, 3.63) is 48.0 Å². The summed E-state index contributed by atoms with van der Waals surface area (Å²) < 4.78 is 0. The predicted molar refractivity (Wildman–Crippen MR) is 73.8 cm³/mol. The van der Waals surface area contributed by atoms with E-state index >= 15 is 0 Å². The monoisotopic (exact) mass is 223 g/mol. The zero-order valence-electron chi connectivity index (χ0n) is 10.4.